The van der Waals surface area contributed by atoms with E-state index in [2.05, 4.69) is 5.32 Å². The number of hydrogen-bond donors (Lipinski definition) is 2. The second kappa shape index (κ2) is 6.75. The summed E-state index contributed by atoms with van der Waals surface area (Å²) in [4.78, 5) is 24.0. The number of hydrogen-bond acceptors (Lipinski definition) is 3. The Labute approximate surface area is 114 Å². The molecule has 0 heterocycles. The summed E-state index contributed by atoms with van der Waals surface area (Å²) in [6.45, 7) is 2.26. The molecule has 0 aliphatic heterocycles. The molecule has 0 aromatic carbocycles. The van der Waals surface area contributed by atoms with Crippen LogP contribution in [0.4, 0.5) is 4.79 Å². The molecule has 110 valence electrons. The molecule has 2 amide bonds. The monoisotopic (exact) mass is 272 g/mol. The van der Waals surface area contributed by atoms with Crippen LogP contribution in [0.15, 0.2) is 0 Å². The fourth-order valence-corrected chi connectivity index (χ4v) is 2.42. The number of nitrogens with one attached hydrogen (secondary N) is 1. The first-order chi connectivity index (χ1) is 8.90. The van der Waals surface area contributed by atoms with E-state index in [0.29, 0.717) is 6.54 Å². The summed E-state index contributed by atoms with van der Waals surface area (Å²) in [5, 5.41) is 11.6. The average Bonchev–Trinajstić information content (AvgIpc) is 2.85. The highest BCUT2D eigenvalue weighted by atomic mass is 16.5. The average molecular weight is 272 g/mol. The van der Waals surface area contributed by atoms with E-state index in [9.17, 15) is 9.59 Å². The number of carbonyl (C=O) groups excluding carboxylic acids is 1. The Morgan fingerprint density at radius 1 is 1.42 bits per heavy atom. The molecule has 0 bridgehead atoms. The first-order valence-electron chi connectivity index (χ1n) is 6.67. The number of carboxylic acid groups (broad SMARTS) is 1. The summed E-state index contributed by atoms with van der Waals surface area (Å²) in [7, 11) is 3.27. The lowest BCUT2D eigenvalue weighted by Gasteiger charge is -2.29. The molecule has 6 nitrogen and oxygen atoms in total. The Balaban J connectivity index is 2.39. The van der Waals surface area contributed by atoms with E-state index in [1.54, 1.807) is 21.1 Å². The number of rotatable bonds is 6. The first kappa shape index (κ1) is 15.8. The minimum absolute atomic E-state index is 0.196. The van der Waals surface area contributed by atoms with E-state index in [1.165, 1.54) is 4.90 Å². The van der Waals surface area contributed by atoms with Gasteiger partial charge in [0, 0.05) is 27.2 Å². The molecule has 1 unspecified atom stereocenters. The zero-order valence-corrected chi connectivity index (χ0v) is 11.9. The normalized spacial score (nSPS) is 18.9. The standard InChI is InChI=1S/C13H24N2O4/c1-10(11(16)17)8-15(2)12(18)14-9-13(19-3)6-4-5-7-13/h10H,4-9H2,1-3H3,(H,14,18)(H,16,17). The Morgan fingerprint density at radius 3 is 2.47 bits per heavy atom. The maximum Gasteiger partial charge on any atom is 0.317 e. The quantitative estimate of drug-likeness (QED) is 0.764. The summed E-state index contributed by atoms with van der Waals surface area (Å²) in [5.74, 6) is -1.47. The number of nitrogens with zero attached hydrogens (tertiary/aromatic N) is 1. The van der Waals surface area contributed by atoms with E-state index in [1.807, 2.05) is 0 Å². The second-order valence-electron chi connectivity index (χ2n) is 5.37. The smallest absolute Gasteiger partial charge is 0.317 e. The number of methoxy groups -OCH3 is 1. The zero-order valence-electron chi connectivity index (χ0n) is 11.9. The van der Waals surface area contributed by atoms with Crippen LogP contribution in [0.1, 0.15) is 32.6 Å². The maximum atomic E-state index is 11.9. The van der Waals surface area contributed by atoms with Crippen LogP contribution in [0.3, 0.4) is 0 Å². The number of ether oxygens (including phenoxy) is 1. The summed E-state index contributed by atoms with van der Waals surface area (Å²) < 4.78 is 5.52. The van der Waals surface area contributed by atoms with Gasteiger partial charge in [0.25, 0.3) is 0 Å². The molecule has 1 rings (SSSR count). The molecule has 1 fully saturated rings. The van der Waals surface area contributed by atoms with Gasteiger partial charge in [-0.05, 0) is 12.8 Å². The lowest BCUT2D eigenvalue weighted by atomic mass is 10.0. The van der Waals surface area contributed by atoms with Crippen LogP contribution in [0.2, 0.25) is 0 Å². The minimum Gasteiger partial charge on any atom is -0.481 e. The van der Waals surface area contributed by atoms with Gasteiger partial charge < -0.3 is 20.1 Å². The van der Waals surface area contributed by atoms with Gasteiger partial charge in [-0.25, -0.2) is 4.79 Å². The largest absolute Gasteiger partial charge is 0.481 e. The molecular formula is C13H24N2O4. The Hall–Kier alpha value is -1.30. The molecule has 0 saturated heterocycles. The lowest BCUT2D eigenvalue weighted by molar-refractivity contribution is -0.141. The van der Waals surface area contributed by atoms with Crippen molar-refractivity contribution in [2.24, 2.45) is 5.92 Å². The van der Waals surface area contributed by atoms with E-state index >= 15 is 0 Å². The van der Waals surface area contributed by atoms with Gasteiger partial charge in [0.15, 0.2) is 0 Å². The lowest BCUT2D eigenvalue weighted by Crippen LogP contribution is -2.47. The van der Waals surface area contributed by atoms with Crippen LogP contribution in [-0.4, -0.2) is 54.9 Å². The Morgan fingerprint density at radius 2 is 2.00 bits per heavy atom. The Bertz CT molecular complexity index is 327. The molecule has 0 radical (unpaired) electrons. The third kappa shape index (κ3) is 4.38. The van der Waals surface area contributed by atoms with Gasteiger partial charge in [0.2, 0.25) is 0 Å². The summed E-state index contributed by atoms with van der Waals surface area (Å²) in [6.07, 6.45) is 4.16. The van der Waals surface area contributed by atoms with E-state index in [4.69, 9.17) is 9.84 Å². The van der Waals surface area contributed by atoms with Gasteiger partial charge in [0.1, 0.15) is 0 Å². The summed E-state index contributed by atoms with van der Waals surface area (Å²) in [5.41, 5.74) is -0.241. The maximum absolute atomic E-state index is 11.9. The van der Waals surface area contributed by atoms with Crippen molar-refractivity contribution in [3.8, 4) is 0 Å². The van der Waals surface area contributed by atoms with Crippen LogP contribution >= 0.6 is 0 Å². The van der Waals surface area contributed by atoms with Gasteiger partial charge >= 0.3 is 12.0 Å². The summed E-state index contributed by atoms with van der Waals surface area (Å²) in [6, 6.07) is -0.253. The second-order valence-corrected chi connectivity index (χ2v) is 5.37. The SMILES string of the molecule is COC1(CNC(=O)N(C)CC(C)C(=O)O)CCCC1. The van der Waals surface area contributed by atoms with E-state index in [0.717, 1.165) is 25.7 Å². The van der Waals surface area contributed by atoms with Crippen LogP contribution < -0.4 is 5.32 Å². The number of urea groups is 1. The van der Waals surface area contributed by atoms with Crippen LogP contribution in [-0.2, 0) is 9.53 Å². The molecule has 6 heteroatoms. The van der Waals surface area contributed by atoms with Crippen molar-refractivity contribution in [1.29, 1.82) is 0 Å². The van der Waals surface area contributed by atoms with Crippen molar-refractivity contribution in [2.75, 3.05) is 27.2 Å². The number of carbonyl (C=O) groups is 2. The molecule has 1 aliphatic carbocycles. The van der Waals surface area contributed by atoms with Crippen molar-refractivity contribution in [2.45, 2.75) is 38.2 Å². The van der Waals surface area contributed by atoms with Crippen molar-refractivity contribution in [3.05, 3.63) is 0 Å². The third-order valence-corrected chi connectivity index (χ3v) is 3.83. The highest BCUT2D eigenvalue weighted by molar-refractivity contribution is 5.75. The molecule has 19 heavy (non-hydrogen) atoms. The first-order valence-corrected chi connectivity index (χ1v) is 6.67. The van der Waals surface area contributed by atoms with Gasteiger partial charge in [-0.2, -0.15) is 0 Å². The zero-order chi connectivity index (χ0) is 14.5. The minimum atomic E-state index is -0.899. The molecule has 0 aromatic heterocycles. The molecule has 0 spiro atoms. The molecule has 0 aromatic rings. The number of amides is 2. The third-order valence-electron chi connectivity index (χ3n) is 3.83. The van der Waals surface area contributed by atoms with Crippen LogP contribution in [0.5, 0.6) is 0 Å². The van der Waals surface area contributed by atoms with Gasteiger partial charge in [0.05, 0.1) is 11.5 Å². The van der Waals surface area contributed by atoms with Crippen molar-refractivity contribution in [3.63, 3.8) is 0 Å². The fourth-order valence-electron chi connectivity index (χ4n) is 2.42. The molecule has 1 saturated carbocycles. The van der Waals surface area contributed by atoms with Gasteiger partial charge in [-0.3, -0.25) is 4.79 Å². The van der Waals surface area contributed by atoms with Gasteiger partial charge in [-0.15, -0.1) is 0 Å². The topological polar surface area (TPSA) is 78.9 Å². The van der Waals surface area contributed by atoms with E-state index < -0.39 is 11.9 Å². The predicted octanol–water partition coefficient (Wildman–Crippen LogP) is 1.31. The van der Waals surface area contributed by atoms with Crippen molar-refractivity contribution >= 4 is 12.0 Å². The van der Waals surface area contributed by atoms with E-state index in [-0.39, 0.29) is 18.2 Å². The molecule has 1 atom stereocenters. The van der Waals surface area contributed by atoms with Crippen LogP contribution in [0.25, 0.3) is 0 Å². The number of aliphatic carboxylic acids is 1. The van der Waals surface area contributed by atoms with Crippen molar-refractivity contribution in [1.82, 2.24) is 10.2 Å². The fraction of sp³-hybridized carbons (Fsp3) is 0.846. The highest BCUT2D eigenvalue weighted by Crippen LogP contribution is 2.31. The highest BCUT2D eigenvalue weighted by Gasteiger charge is 2.34. The van der Waals surface area contributed by atoms with Gasteiger partial charge in [-0.1, -0.05) is 19.8 Å². The molecule has 2 N–H and O–H groups in total. The molecule has 1 aliphatic rings. The predicted molar refractivity (Wildman–Crippen MR) is 71.0 cm³/mol. The Kier molecular flexibility index (Phi) is 5.60. The van der Waals surface area contributed by atoms with Crippen LogP contribution in [0, 0.1) is 5.92 Å². The molecular weight excluding hydrogens is 248 g/mol. The summed E-state index contributed by atoms with van der Waals surface area (Å²) >= 11 is 0. The number of carboxylic acids is 1. The van der Waals surface area contributed by atoms with Crippen molar-refractivity contribution < 1.29 is 19.4 Å².